The second kappa shape index (κ2) is 11.3. The summed E-state index contributed by atoms with van der Waals surface area (Å²) >= 11 is 0. The average molecular weight is 392 g/mol. The van der Waals surface area contributed by atoms with Crippen molar-refractivity contribution in [3.63, 3.8) is 0 Å². The molecule has 0 aromatic carbocycles. The lowest BCUT2D eigenvalue weighted by atomic mass is 10.1. The molecule has 0 saturated heterocycles. The van der Waals surface area contributed by atoms with Crippen LogP contribution in [0.2, 0.25) is 0 Å². The number of aromatic amines is 2. The van der Waals surface area contributed by atoms with Crippen LogP contribution in [0.1, 0.15) is 63.5 Å². The molecule has 4 nitrogen and oxygen atoms in total. The Hall–Kier alpha value is -2.75. The molecule has 29 heavy (non-hydrogen) atoms. The molecular weight excluding hydrogens is 358 g/mol. The third-order valence-corrected chi connectivity index (χ3v) is 5.27. The molecule has 0 unspecified atom stereocenters. The van der Waals surface area contributed by atoms with Gasteiger partial charge in [-0.1, -0.05) is 38.2 Å². The number of unbranched alkanes of at least 4 members (excludes halogenated alkanes) is 7. The predicted octanol–water partition coefficient (Wildman–Crippen LogP) is 7.07. The standard InChI is InChI=1S/C25H33N3O/c1-3-4-5-6-7-8-9-10-11-13-20-15-16-21(27-20)18-24-25(29-2)19-23(28-24)22-14-12-17-26-22/h3,12,14-19,26,28H,1,4-11,13H2,2H3/b21-18+. The maximum absolute atomic E-state index is 5.53. The minimum atomic E-state index is 0.826. The van der Waals surface area contributed by atoms with E-state index in [-0.39, 0.29) is 0 Å². The Morgan fingerprint density at radius 2 is 1.83 bits per heavy atom. The van der Waals surface area contributed by atoms with Gasteiger partial charge in [0.05, 0.1) is 29.9 Å². The van der Waals surface area contributed by atoms with Crippen LogP contribution in [0.5, 0.6) is 5.75 Å². The number of nitrogens with zero attached hydrogens (tertiary/aromatic N) is 1. The second-order valence-electron chi connectivity index (χ2n) is 7.56. The van der Waals surface area contributed by atoms with Crippen LogP contribution in [0.15, 0.2) is 59.9 Å². The van der Waals surface area contributed by atoms with Crippen molar-refractivity contribution >= 4 is 11.8 Å². The number of aromatic nitrogens is 2. The normalized spacial score (nSPS) is 14.5. The molecule has 0 saturated carbocycles. The number of hydrogen-bond donors (Lipinski definition) is 2. The molecule has 0 radical (unpaired) electrons. The first-order chi connectivity index (χ1) is 14.3. The highest BCUT2D eigenvalue weighted by Gasteiger charge is 2.11. The minimum Gasteiger partial charge on any atom is -0.494 e. The number of ether oxygens (including phenoxy) is 1. The van der Waals surface area contributed by atoms with E-state index in [1.54, 1.807) is 7.11 Å². The first-order valence-electron chi connectivity index (χ1n) is 10.8. The summed E-state index contributed by atoms with van der Waals surface area (Å²) in [5.41, 5.74) is 5.14. The zero-order valence-corrected chi connectivity index (χ0v) is 17.5. The number of methoxy groups -OCH3 is 1. The fourth-order valence-electron chi connectivity index (χ4n) is 3.64. The first-order valence-corrected chi connectivity index (χ1v) is 10.8. The quantitative estimate of drug-likeness (QED) is 0.278. The molecule has 3 heterocycles. The van der Waals surface area contributed by atoms with E-state index in [0.29, 0.717) is 0 Å². The number of H-pyrrole nitrogens is 2. The highest BCUT2D eigenvalue weighted by Crippen LogP contribution is 2.29. The summed E-state index contributed by atoms with van der Waals surface area (Å²) in [4.78, 5) is 11.4. The highest BCUT2D eigenvalue weighted by atomic mass is 16.5. The topological polar surface area (TPSA) is 53.2 Å². The van der Waals surface area contributed by atoms with Gasteiger partial charge in [-0.3, -0.25) is 4.99 Å². The van der Waals surface area contributed by atoms with Crippen molar-refractivity contribution in [1.82, 2.24) is 9.97 Å². The Morgan fingerprint density at radius 1 is 1.03 bits per heavy atom. The average Bonchev–Trinajstić information content (AvgIpc) is 3.48. The molecule has 0 fully saturated rings. The molecule has 1 aliphatic heterocycles. The van der Waals surface area contributed by atoms with Crippen molar-refractivity contribution < 1.29 is 4.74 Å². The Bertz CT molecular complexity index is 853. The fraction of sp³-hybridized carbons (Fsp3) is 0.400. The van der Waals surface area contributed by atoms with Gasteiger partial charge in [-0.25, -0.2) is 0 Å². The van der Waals surface area contributed by atoms with E-state index in [0.717, 1.165) is 41.4 Å². The molecule has 0 spiro atoms. The number of rotatable bonds is 13. The van der Waals surface area contributed by atoms with E-state index in [4.69, 9.17) is 9.73 Å². The van der Waals surface area contributed by atoms with E-state index >= 15 is 0 Å². The third-order valence-electron chi connectivity index (χ3n) is 5.27. The number of allylic oxidation sites excluding steroid dienone is 3. The summed E-state index contributed by atoms with van der Waals surface area (Å²) in [6.07, 6.45) is 21.6. The molecule has 0 bridgehead atoms. The van der Waals surface area contributed by atoms with Crippen molar-refractivity contribution in [3.05, 3.63) is 60.6 Å². The highest BCUT2D eigenvalue weighted by molar-refractivity contribution is 5.99. The molecule has 0 aliphatic carbocycles. The van der Waals surface area contributed by atoms with Crippen molar-refractivity contribution in [2.24, 2.45) is 4.99 Å². The van der Waals surface area contributed by atoms with Crippen LogP contribution in [-0.2, 0) is 0 Å². The van der Waals surface area contributed by atoms with Gasteiger partial charge in [0.25, 0.3) is 0 Å². The summed E-state index contributed by atoms with van der Waals surface area (Å²) < 4.78 is 5.53. The van der Waals surface area contributed by atoms with Crippen LogP contribution < -0.4 is 4.74 Å². The minimum absolute atomic E-state index is 0.826. The Morgan fingerprint density at radius 3 is 2.55 bits per heavy atom. The molecule has 154 valence electrons. The molecular formula is C25H33N3O. The molecule has 0 atom stereocenters. The van der Waals surface area contributed by atoms with Crippen LogP contribution in [0.25, 0.3) is 17.5 Å². The molecule has 0 amide bonds. The van der Waals surface area contributed by atoms with Gasteiger partial charge in [-0.2, -0.15) is 0 Å². The monoisotopic (exact) mass is 391 g/mol. The SMILES string of the molecule is C=CCCCCCCCCCC1=N/C(=C/c2[nH]c(-c3ccc[nH]3)cc2OC)C=C1. The zero-order chi connectivity index (χ0) is 20.3. The summed E-state index contributed by atoms with van der Waals surface area (Å²) in [6, 6.07) is 6.04. The predicted molar refractivity (Wildman–Crippen MR) is 123 cm³/mol. The van der Waals surface area contributed by atoms with Gasteiger partial charge >= 0.3 is 0 Å². The Kier molecular flexibility index (Phi) is 8.17. The molecule has 4 heteroatoms. The Balaban J connectivity index is 1.45. The lowest BCUT2D eigenvalue weighted by Crippen LogP contribution is -1.90. The maximum Gasteiger partial charge on any atom is 0.144 e. The van der Waals surface area contributed by atoms with Gasteiger partial charge in [-0.05, 0) is 56.0 Å². The molecule has 2 N–H and O–H groups in total. The van der Waals surface area contributed by atoms with E-state index < -0.39 is 0 Å². The van der Waals surface area contributed by atoms with Crippen LogP contribution in [0.4, 0.5) is 0 Å². The van der Waals surface area contributed by atoms with Crippen LogP contribution in [0.3, 0.4) is 0 Å². The lowest BCUT2D eigenvalue weighted by molar-refractivity contribution is 0.414. The van der Waals surface area contributed by atoms with E-state index in [1.807, 2.05) is 30.5 Å². The van der Waals surface area contributed by atoms with Crippen molar-refractivity contribution in [1.29, 1.82) is 0 Å². The number of hydrogen-bond acceptors (Lipinski definition) is 2. The van der Waals surface area contributed by atoms with Crippen molar-refractivity contribution in [3.8, 4) is 17.1 Å². The summed E-state index contributed by atoms with van der Waals surface area (Å²) in [5, 5.41) is 0. The molecule has 1 aliphatic rings. The van der Waals surface area contributed by atoms with Gasteiger partial charge in [0.1, 0.15) is 5.75 Å². The van der Waals surface area contributed by atoms with E-state index in [2.05, 4.69) is 34.8 Å². The molecule has 2 aromatic rings. The van der Waals surface area contributed by atoms with Crippen LogP contribution in [0, 0.1) is 0 Å². The van der Waals surface area contributed by atoms with Crippen molar-refractivity contribution in [2.45, 2.75) is 57.8 Å². The molecule has 3 rings (SSSR count). The first kappa shape index (κ1) is 21.0. The number of nitrogens with one attached hydrogen (secondary N) is 2. The maximum atomic E-state index is 5.53. The van der Waals surface area contributed by atoms with Gasteiger partial charge in [0.2, 0.25) is 0 Å². The number of aliphatic imine (C=N–C) groups is 1. The molecule has 2 aromatic heterocycles. The summed E-state index contributed by atoms with van der Waals surface area (Å²) in [7, 11) is 1.70. The van der Waals surface area contributed by atoms with Crippen LogP contribution in [-0.4, -0.2) is 22.8 Å². The van der Waals surface area contributed by atoms with Gasteiger partial charge in [0, 0.05) is 18.0 Å². The van der Waals surface area contributed by atoms with Gasteiger partial charge in [-0.15, -0.1) is 6.58 Å². The van der Waals surface area contributed by atoms with Crippen molar-refractivity contribution in [2.75, 3.05) is 7.11 Å². The summed E-state index contributed by atoms with van der Waals surface area (Å²) in [5.74, 6) is 0.826. The third kappa shape index (κ3) is 6.38. The Labute approximate surface area is 174 Å². The smallest absolute Gasteiger partial charge is 0.144 e. The van der Waals surface area contributed by atoms with Gasteiger partial charge in [0.15, 0.2) is 0 Å². The van der Waals surface area contributed by atoms with E-state index in [1.165, 1.54) is 50.7 Å². The van der Waals surface area contributed by atoms with Gasteiger partial charge < -0.3 is 14.7 Å². The largest absolute Gasteiger partial charge is 0.494 e. The zero-order valence-electron chi connectivity index (χ0n) is 17.5. The van der Waals surface area contributed by atoms with Crippen LogP contribution >= 0.6 is 0 Å². The second-order valence-corrected chi connectivity index (χ2v) is 7.56. The van der Waals surface area contributed by atoms with E-state index in [9.17, 15) is 0 Å². The summed E-state index contributed by atoms with van der Waals surface area (Å²) in [6.45, 7) is 3.78. The lowest BCUT2D eigenvalue weighted by Gasteiger charge is -2.01. The fourth-order valence-corrected chi connectivity index (χ4v) is 3.64.